The van der Waals surface area contributed by atoms with Crippen molar-refractivity contribution in [2.75, 3.05) is 6.54 Å². The topological polar surface area (TPSA) is 62.5 Å². The fraction of sp³-hybridized carbons (Fsp3) is 0.250. The van der Waals surface area contributed by atoms with Crippen LogP contribution in [-0.2, 0) is 0 Å². The van der Waals surface area contributed by atoms with E-state index in [0.29, 0.717) is 13.0 Å². The molecule has 1 amide bonds. The van der Waals surface area contributed by atoms with E-state index in [-0.39, 0.29) is 11.7 Å². The minimum Gasteiger partial charge on any atom is -0.459 e. The molecule has 5 heteroatoms. The molecule has 0 aliphatic heterocycles. The van der Waals surface area contributed by atoms with E-state index in [1.807, 2.05) is 17.5 Å². The number of furan rings is 1. The zero-order valence-electron chi connectivity index (χ0n) is 9.13. The summed E-state index contributed by atoms with van der Waals surface area (Å²) in [6, 6.07) is 7.04. The van der Waals surface area contributed by atoms with Gasteiger partial charge in [-0.05, 0) is 30.0 Å². The summed E-state index contributed by atoms with van der Waals surface area (Å²) in [7, 11) is 0. The number of carbonyl (C=O) groups is 1. The van der Waals surface area contributed by atoms with Crippen molar-refractivity contribution in [3.05, 3.63) is 46.5 Å². The Kier molecular flexibility index (Phi) is 3.95. The van der Waals surface area contributed by atoms with E-state index in [2.05, 4.69) is 5.32 Å². The third-order valence-corrected chi connectivity index (χ3v) is 3.29. The van der Waals surface area contributed by atoms with E-state index in [1.165, 1.54) is 17.6 Å². The fourth-order valence-electron chi connectivity index (χ4n) is 1.44. The Bertz CT molecular complexity index is 450. The van der Waals surface area contributed by atoms with Crippen LogP contribution in [-0.4, -0.2) is 17.6 Å². The lowest BCUT2D eigenvalue weighted by molar-refractivity contribution is 0.0915. The molecule has 0 aliphatic carbocycles. The van der Waals surface area contributed by atoms with Gasteiger partial charge < -0.3 is 14.8 Å². The number of hydrogen-bond acceptors (Lipinski definition) is 4. The molecule has 0 fully saturated rings. The standard InChI is InChI=1S/C12H13NO3S/c14-9(11-4-2-8-17-11)5-6-13-12(15)10-3-1-7-16-10/h1-4,7-9,14H,5-6H2,(H,13,15)/t9-/m1/s1. The number of hydrogen-bond donors (Lipinski definition) is 2. The van der Waals surface area contributed by atoms with Gasteiger partial charge in [0, 0.05) is 11.4 Å². The van der Waals surface area contributed by atoms with Crippen molar-refractivity contribution >= 4 is 17.2 Å². The van der Waals surface area contributed by atoms with Crippen molar-refractivity contribution in [1.82, 2.24) is 5.32 Å². The lowest BCUT2D eigenvalue weighted by Gasteiger charge is -2.08. The Labute approximate surface area is 103 Å². The molecule has 0 aromatic carbocycles. The average molecular weight is 251 g/mol. The van der Waals surface area contributed by atoms with Crippen LogP contribution in [0, 0.1) is 0 Å². The zero-order valence-corrected chi connectivity index (χ0v) is 9.94. The van der Waals surface area contributed by atoms with E-state index in [1.54, 1.807) is 12.1 Å². The van der Waals surface area contributed by atoms with E-state index >= 15 is 0 Å². The maximum atomic E-state index is 11.5. The smallest absolute Gasteiger partial charge is 0.286 e. The lowest BCUT2D eigenvalue weighted by Crippen LogP contribution is -2.25. The summed E-state index contributed by atoms with van der Waals surface area (Å²) < 4.78 is 4.95. The van der Waals surface area contributed by atoms with Gasteiger partial charge in [-0.2, -0.15) is 0 Å². The molecule has 2 aromatic rings. The number of amides is 1. The predicted molar refractivity (Wildman–Crippen MR) is 64.9 cm³/mol. The normalized spacial score (nSPS) is 12.3. The molecule has 0 saturated heterocycles. The van der Waals surface area contributed by atoms with Crippen LogP contribution in [0.15, 0.2) is 40.3 Å². The summed E-state index contributed by atoms with van der Waals surface area (Å²) in [5.74, 6) is 0.0315. The predicted octanol–water partition coefficient (Wildman–Crippen LogP) is 2.19. The SMILES string of the molecule is O=C(NCC[C@@H](O)c1cccs1)c1ccco1. The van der Waals surface area contributed by atoms with Crippen LogP contribution in [0.3, 0.4) is 0 Å². The zero-order chi connectivity index (χ0) is 12.1. The minimum atomic E-state index is -0.521. The second kappa shape index (κ2) is 5.65. The quantitative estimate of drug-likeness (QED) is 0.856. The summed E-state index contributed by atoms with van der Waals surface area (Å²) in [5, 5.41) is 14.4. The molecule has 4 nitrogen and oxygen atoms in total. The third-order valence-electron chi connectivity index (χ3n) is 2.32. The Morgan fingerprint density at radius 3 is 3.00 bits per heavy atom. The number of thiophene rings is 1. The van der Waals surface area contributed by atoms with Gasteiger partial charge in [0.05, 0.1) is 12.4 Å². The summed E-state index contributed by atoms with van der Waals surface area (Å²) in [5.41, 5.74) is 0. The summed E-state index contributed by atoms with van der Waals surface area (Å²) in [4.78, 5) is 12.4. The van der Waals surface area contributed by atoms with Gasteiger partial charge in [-0.1, -0.05) is 6.07 Å². The van der Waals surface area contributed by atoms with Gasteiger partial charge in [-0.3, -0.25) is 4.79 Å². The van der Waals surface area contributed by atoms with Gasteiger partial charge in [-0.15, -0.1) is 11.3 Å². The number of rotatable bonds is 5. The van der Waals surface area contributed by atoms with E-state index in [9.17, 15) is 9.90 Å². The molecule has 2 aromatic heterocycles. The fourth-order valence-corrected chi connectivity index (χ4v) is 2.19. The first-order valence-electron chi connectivity index (χ1n) is 5.30. The van der Waals surface area contributed by atoms with Crippen LogP contribution in [0.25, 0.3) is 0 Å². The molecule has 17 heavy (non-hydrogen) atoms. The number of nitrogens with one attached hydrogen (secondary N) is 1. The monoisotopic (exact) mass is 251 g/mol. The molecule has 2 rings (SSSR count). The molecule has 0 bridgehead atoms. The van der Waals surface area contributed by atoms with Gasteiger partial charge in [-0.25, -0.2) is 0 Å². The highest BCUT2D eigenvalue weighted by Crippen LogP contribution is 2.20. The van der Waals surface area contributed by atoms with Gasteiger partial charge in [0.15, 0.2) is 5.76 Å². The van der Waals surface area contributed by atoms with Crippen molar-refractivity contribution < 1.29 is 14.3 Å². The number of carbonyl (C=O) groups excluding carboxylic acids is 1. The molecule has 0 radical (unpaired) electrons. The Morgan fingerprint density at radius 1 is 1.47 bits per heavy atom. The van der Waals surface area contributed by atoms with E-state index in [0.717, 1.165) is 4.88 Å². The number of aliphatic hydroxyl groups is 1. The minimum absolute atomic E-state index is 0.256. The highest BCUT2D eigenvalue weighted by Gasteiger charge is 2.11. The average Bonchev–Trinajstić information content (AvgIpc) is 3.02. The van der Waals surface area contributed by atoms with Gasteiger partial charge in [0.2, 0.25) is 0 Å². The van der Waals surface area contributed by atoms with Gasteiger partial charge in [0.1, 0.15) is 0 Å². The highest BCUT2D eigenvalue weighted by molar-refractivity contribution is 7.10. The Hall–Kier alpha value is -1.59. The summed E-state index contributed by atoms with van der Waals surface area (Å²) in [6.07, 6.45) is 1.43. The van der Waals surface area contributed by atoms with Crippen molar-refractivity contribution in [3.8, 4) is 0 Å². The molecular formula is C12H13NO3S. The van der Waals surface area contributed by atoms with Gasteiger partial charge >= 0.3 is 0 Å². The summed E-state index contributed by atoms with van der Waals surface area (Å²) >= 11 is 1.51. The van der Waals surface area contributed by atoms with E-state index < -0.39 is 6.10 Å². The summed E-state index contributed by atoms with van der Waals surface area (Å²) in [6.45, 7) is 0.415. The van der Waals surface area contributed by atoms with Crippen LogP contribution >= 0.6 is 11.3 Å². The molecular weight excluding hydrogens is 238 g/mol. The van der Waals surface area contributed by atoms with Crippen LogP contribution in [0.1, 0.15) is 28.0 Å². The molecule has 0 aliphatic rings. The maximum Gasteiger partial charge on any atom is 0.286 e. The molecule has 0 saturated carbocycles. The first-order valence-corrected chi connectivity index (χ1v) is 6.18. The highest BCUT2D eigenvalue weighted by atomic mass is 32.1. The van der Waals surface area contributed by atoms with Crippen molar-refractivity contribution in [2.45, 2.75) is 12.5 Å². The van der Waals surface area contributed by atoms with Crippen LogP contribution < -0.4 is 5.32 Å². The maximum absolute atomic E-state index is 11.5. The van der Waals surface area contributed by atoms with Gasteiger partial charge in [0.25, 0.3) is 5.91 Å². The van der Waals surface area contributed by atoms with Crippen LogP contribution in [0.2, 0.25) is 0 Å². The molecule has 0 unspecified atom stereocenters. The number of aliphatic hydroxyl groups excluding tert-OH is 1. The van der Waals surface area contributed by atoms with Crippen LogP contribution in [0.4, 0.5) is 0 Å². The lowest BCUT2D eigenvalue weighted by atomic mass is 10.2. The molecule has 0 spiro atoms. The third kappa shape index (κ3) is 3.18. The molecule has 1 atom stereocenters. The van der Waals surface area contributed by atoms with Crippen molar-refractivity contribution in [1.29, 1.82) is 0 Å². The Balaban J connectivity index is 1.75. The largest absolute Gasteiger partial charge is 0.459 e. The molecule has 2 heterocycles. The van der Waals surface area contributed by atoms with Crippen molar-refractivity contribution in [2.24, 2.45) is 0 Å². The Morgan fingerprint density at radius 2 is 2.35 bits per heavy atom. The van der Waals surface area contributed by atoms with Crippen molar-refractivity contribution in [3.63, 3.8) is 0 Å². The second-order valence-electron chi connectivity index (χ2n) is 3.55. The van der Waals surface area contributed by atoms with E-state index in [4.69, 9.17) is 4.42 Å². The molecule has 2 N–H and O–H groups in total. The second-order valence-corrected chi connectivity index (χ2v) is 4.53. The van der Waals surface area contributed by atoms with Crippen LogP contribution in [0.5, 0.6) is 0 Å². The first kappa shape index (κ1) is 11.9. The molecule has 90 valence electrons. The first-order chi connectivity index (χ1) is 8.27.